The zero-order valence-electron chi connectivity index (χ0n) is 10.2. The maximum absolute atomic E-state index is 9.06. The van der Waals surface area contributed by atoms with Gasteiger partial charge in [-0.2, -0.15) is 21.0 Å². The van der Waals surface area contributed by atoms with Crippen LogP contribution in [0.4, 0.5) is 5.69 Å². The molecule has 20 heavy (non-hydrogen) atoms. The Bertz CT molecular complexity index is 724. The number of anilines is 1. The summed E-state index contributed by atoms with van der Waals surface area (Å²) in [5, 5.41) is 38.2. The lowest BCUT2D eigenvalue weighted by Crippen LogP contribution is -2.03. The monoisotopic (exact) mass is 327 g/mol. The highest BCUT2D eigenvalue weighted by molar-refractivity contribution is 9.10. The van der Waals surface area contributed by atoms with Crippen molar-refractivity contribution >= 4 is 21.6 Å². The average Bonchev–Trinajstić information content (AvgIpc) is 2.48. The number of allylic oxidation sites excluding steroid dienone is 2. The third kappa shape index (κ3) is 3.06. The zero-order valence-corrected chi connectivity index (χ0v) is 11.8. The lowest BCUT2D eigenvalue weighted by atomic mass is 10.1. The predicted octanol–water partition coefficient (Wildman–Crippen LogP) is 2.57. The van der Waals surface area contributed by atoms with E-state index >= 15 is 0 Å². The molecule has 0 aliphatic rings. The summed E-state index contributed by atoms with van der Waals surface area (Å²) in [6.07, 6.45) is 0. The van der Waals surface area contributed by atoms with Gasteiger partial charge in [-0.25, -0.2) is 0 Å². The molecule has 1 rings (SSSR count). The van der Waals surface area contributed by atoms with Crippen molar-refractivity contribution in [1.29, 1.82) is 21.0 Å². The Hall–Kier alpha value is -3.00. The van der Waals surface area contributed by atoms with Crippen molar-refractivity contribution in [2.24, 2.45) is 0 Å². The van der Waals surface area contributed by atoms with Crippen LogP contribution in [-0.2, 0) is 0 Å². The molecule has 0 saturated carbocycles. The molecule has 0 heterocycles. The summed E-state index contributed by atoms with van der Waals surface area (Å²) >= 11 is 3.24. The van der Waals surface area contributed by atoms with Crippen molar-refractivity contribution in [2.45, 2.75) is 0 Å². The van der Waals surface area contributed by atoms with Crippen molar-refractivity contribution in [1.82, 2.24) is 0 Å². The number of benzene rings is 1. The van der Waals surface area contributed by atoms with Crippen molar-refractivity contribution < 1.29 is 4.74 Å². The third-order valence-corrected chi connectivity index (χ3v) is 2.88. The van der Waals surface area contributed by atoms with Gasteiger partial charge in [-0.05, 0) is 22.0 Å². The summed E-state index contributed by atoms with van der Waals surface area (Å²) < 4.78 is 5.66. The first-order valence-corrected chi connectivity index (χ1v) is 5.89. The van der Waals surface area contributed by atoms with Crippen LogP contribution in [-0.4, -0.2) is 7.11 Å². The van der Waals surface area contributed by atoms with Gasteiger partial charge < -0.3 is 10.1 Å². The highest BCUT2D eigenvalue weighted by Gasteiger charge is 2.12. The Balaban J connectivity index is 3.40. The van der Waals surface area contributed by atoms with Gasteiger partial charge in [-0.1, -0.05) is 0 Å². The maximum atomic E-state index is 9.06. The van der Waals surface area contributed by atoms with Gasteiger partial charge in [0.15, 0.2) is 5.57 Å². The molecule has 1 N–H and O–H groups in total. The quantitative estimate of drug-likeness (QED) is 0.852. The summed E-state index contributed by atoms with van der Waals surface area (Å²) in [4.78, 5) is 0. The molecule has 0 radical (unpaired) electrons. The van der Waals surface area contributed by atoms with E-state index in [0.717, 1.165) is 0 Å². The molecule has 0 unspecified atom stereocenters. The molecule has 0 saturated heterocycles. The standard InChI is InChI=1S/C13H6BrN5O/c1-20-13-3-11(8(4-15)2-10(13)14)19-12(7-18)9(5-16)6-17/h2-3,19H,1H3. The number of nitrogens with zero attached hydrogens (tertiary/aromatic N) is 4. The van der Waals surface area contributed by atoms with E-state index < -0.39 is 0 Å². The van der Waals surface area contributed by atoms with Gasteiger partial charge in [0.1, 0.15) is 35.7 Å². The van der Waals surface area contributed by atoms with Crippen molar-refractivity contribution in [2.75, 3.05) is 12.4 Å². The van der Waals surface area contributed by atoms with E-state index in [1.165, 1.54) is 19.2 Å². The summed E-state index contributed by atoms with van der Waals surface area (Å²) in [6.45, 7) is 0. The van der Waals surface area contributed by atoms with E-state index in [1.807, 2.05) is 6.07 Å². The zero-order chi connectivity index (χ0) is 15.1. The fraction of sp³-hybridized carbons (Fsp3) is 0.0769. The molecule has 0 aliphatic heterocycles. The van der Waals surface area contributed by atoms with Crippen LogP contribution < -0.4 is 10.1 Å². The van der Waals surface area contributed by atoms with Crippen molar-refractivity contribution in [3.05, 3.63) is 33.4 Å². The van der Waals surface area contributed by atoms with Crippen LogP contribution >= 0.6 is 15.9 Å². The highest BCUT2D eigenvalue weighted by atomic mass is 79.9. The molecule has 7 heteroatoms. The van der Waals surface area contributed by atoms with Gasteiger partial charge in [0.25, 0.3) is 0 Å². The SMILES string of the molecule is COc1cc(NC(C#N)=C(C#N)C#N)c(C#N)cc1Br. The molecule has 0 aromatic heterocycles. The van der Waals surface area contributed by atoms with E-state index in [9.17, 15) is 0 Å². The number of nitrogens with one attached hydrogen (secondary N) is 1. The fourth-order valence-corrected chi connectivity index (χ4v) is 1.83. The molecule has 0 spiro atoms. The lowest BCUT2D eigenvalue weighted by Gasteiger charge is -2.10. The van der Waals surface area contributed by atoms with Crippen molar-refractivity contribution in [3.8, 4) is 30.0 Å². The summed E-state index contributed by atoms with van der Waals surface area (Å²) in [6, 6.07) is 9.89. The number of hydrogen-bond acceptors (Lipinski definition) is 6. The first kappa shape index (κ1) is 15.1. The number of halogens is 1. The van der Waals surface area contributed by atoms with E-state index in [0.29, 0.717) is 10.2 Å². The number of methoxy groups -OCH3 is 1. The second kappa shape index (κ2) is 6.81. The molecular weight excluding hydrogens is 322 g/mol. The minimum absolute atomic E-state index is 0.226. The van der Waals surface area contributed by atoms with Crippen LogP contribution in [0.5, 0.6) is 5.75 Å². The van der Waals surface area contributed by atoms with Crippen LogP contribution in [0.15, 0.2) is 27.9 Å². The topological polar surface area (TPSA) is 116 Å². The molecule has 0 aliphatic carbocycles. The Labute approximate surface area is 123 Å². The molecule has 0 bridgehead atoms. The normalized spacial score (nSPS) is 8.30. The number of nitriles is 4. The highest BCUT2D eigenvalue weighted by Crippen LogP contribution is 2.31. The smallest absolute Gasteiger partial charge is 0.163 e. The lowest BCUT2D eigenvalue weighted by molar-refractivity contribution is 0.412. The molecular formula is C13H6BrN5O. The van der Waals surface area contributed by atoms with Gasteiger partial charge in [0.2, 0.25) is 0 Å². The number of hydrogen-bond donors (Lipinski definition) is 1. The first-order valence-electron chi connectivity index (χ1n) is 5.10. The molecule has 1 aromatic rings. The largest absolute Gasteiger partial charge is 0.495 e. The van der Waals surface area contributed by atoms with Crippen LogP contribution in [0.2, 0.25) is 0 Å². The van der Waals surface area contributed by atoms with Crippen LogP contribution in [0.3, 0.4) is 0 Å². The third-order valence-electron chi connectivity index (χ3n) is 2.26. The molecule has 0 atom stereocenters. The second-order valence-corrected chi connectivity index (χ2v) is 4.21. The van der Waals surface area contributed by atoms with Gasteiger partial charge in [-0.3, -0.25) is 0 Å². The van der Waals surface area contributed by atoms with Gasteiger partial charge in [0, 0.05) is 6.07 Å². The minimum Gasteiger partial charge on any atom is -0.495 e. The van der Waals surface area contributed by atoms with E-state index in [2.05, 4.69) is 21.2 Å². The maximum Gasteiger partial charge on any atom is 0.163 e. The number of ether oxygens (including phenoxy) is 1. The predicted molar refractivity (Wildman–Crippen MR) is 72.9 cm³/mol. The molecule has 0 fully saturated rings. The first-order chi connectivity index (χ1) is 9.60. The summed E-state index contributed by atoms with van der Waals surface area (Å²) in [5.41, 5.74) is -0.0816. The Morgan fingerprint density at radius 1 is 1.15 bits per heavy atom. The fourth-order valence-electron chi connectivity index (χ4n) is 1.32. The van der Waals surface area contributed by atoms with Crippen LogP contribution in [0.25, 0.3) is 0 Å². The van der Waals surface area contributed by atoms with E-state index in [-0.39, 0.29) is 22.5 Å². The molecule has 1 aromatic carbocycles. The Morgan fingerprint density at radius 2 is 1.80 bits per heavy atom. The van der Waals surface area contributed by atoms with E-state index in [4.69, 9.17) is 25.8 Å². The molecule has 0 amide bonds. The summed E-state index contributed by atoms with van der Waals surface area (Å²) in [5.74, 6) is 0.444. The number of rotatable bonds is 3. The Kier molecular flexibility index (Phi) is 5.12. The average molecular weight is 328 g/mol. The van der Waals surface area contributed by atoms with Gasteiger partial charge in [0.05, 0.1) is 22.8 Å². The van der Waals surface area contributed by atoms with Gasteiger partial charge >= 0.3 is 0 Å². The summed E-state index contributed by atoms with van der Waals surface area (Å²) in [7, 11) is 1.45. The van der Waals surface area contributed by atoms with E-state index in [1.54, 1.807) is 18.2 Å². The van der Waals surface area contributed by atoms with Crippen LogP contribution in [0, 0.1) is 45.3 Å². The van der Waals surface area contributed by atoms with Gasteiger partial charge in [-0.15, -0.1) is 0 Å². The Morgan fingerprint density at radius 3 is 2.25 bits per heavy atom. The molecule has 6 nitrogen and oxygen atoms in total. The molecule has 96 valence electrons. The van der Waals surface area contributed by atoms with Crippen LogP contribution in [0.1, 0.15) is 5.56 Å². The van der Waals surface area contributed by atoms with Crippen molar-refractivity contribution in [3.63, 3.8) is 0 Å². The minimum atomic E-state index is -0.363. The second-order valence-electron chi connectivity index (χ2n) is 3.35.